The highest BCUT2D eigenvalue weighted by atomic mass is 16.5. The van der Waals surface area contributed by atoms with Crippen molar-refractivity contribution in [3.05, 3.63) is 0 Å². The first-order valence-corrected chi connectivity index (χ1v) is 5.68. The predicted molar refractivity (Wildman–Crippen MR) is 53.7 cm³/mol. The third-order valence-corrected chi connectivity index (χ3v) is 3.53. The molecule has 1 heterocycles. The van der Waals surface area contributed by atoms with Crippen LogP contribution in [-0.4, -0.2) is 25.8 Å². The van der Waals surface area contributed by atoms with Crippen LogP contribution in [0.5, 0.6) is 0 Å². The Hall–Kier alpha value is -0.0800. The number of hydrogen-bond acceptors (Lipinski definition) is 2. The molecule has 0 radical (unpaired) electrons. The fraction of sp³-hybridized carbons (Fsp3) is 1.00. The first-order valence-electron chi connectivity index (χ1n) is 5.68. The maximum Gasteiger partial charge on any atom is 0.0725 e. The highest BCUT2D eigenvalue weighted by molar-refractivity contribution is 4.77. The van der Waals surface area contributed by atoms with Gasteiger partial charge in [0, 0.05) is 13.2 Å². The van der Waals surface area contributed by atoms with E-state index in [0.29, 0.717) is 6.10 Å². The molecule has 0 spiro atoms. The summed E-state index contributed by atoms with van der Waals surface area (Å²) in [5, 5.41) is 3.40. The van der Waals surface area contributed by atoms with E-state index in [4.69, 9.17) is 4.74 Å². The zero-order valence-electron chi connectivity index (χ0n) is 8.59. The van der Waals surface area contributed by atoms with Gasteiger partial charge in [0.15, 0.2) is 0 Å². The quantitative estimate of drug-likeness (QED) is 0.720. The van der Waals surface area contributed by atoms with Crippen LogP contribution in [0, 0.1) is 11.8 Å². The minimum atomic E-state index is 0.481. The van der Waals surface area contributed by atoms with Gasteiger partial charge in [0.1, 0.15) is 0 Å². The number of piperidine rings is 1. The number of rotatable bonds is 3. The monoisotopic (exact) mass is 183 g/mol. The van der Waals surface area contributed by atoms with Crippen molar-refractivity contribution in [2.24, 2.45) is 11.8 Å². The zero-order valence-corrected chi connectivity index (χ0v) is 8.59. The van der Waals surface area contributed by atoms with Crippen molar-refractivity contribution in [3.63, 3.8) is 0 Å². The summed E-state index contributed by atoms with van der Waals surface area (Å²) < 4.78 is 5.94. The predicted octanol–water partition coefficient (Wildman–Crippen LogP) is 1.80. The average molecular weight is 183 g/mol. The molecule has 2 rings (SSSR count). The van der Waals surface area contributed by atoms with Gasteiger partial charge in [0.25, 0.3) is 0 Å². The molecule has 1 aliphatic carbocycles. The van der Waals surface area contributed by atoms with Gasteiger partial charge in [-0.2, -0.15) is 0 Å². The van der Waals surface area contributed by atoms with Crippen LogP contribution in [0.15, 0.2) is 0 Å². The second-order valence-electron chi connectivity index (χ2n) is 4.64. The number of hydrogen-bond donors (Lipinski definition) is 1. The van der Waals surface area contributed by atoms with Crippen LogP contribution < -0.4 is 5.32 Å². The lowest BCUT2D eigenvalue weighted by molar-refractivity contribution is -0.0261. The molecule has 2 aliphatic rings. The van der Waals surface area contributed by atoms with E-state index in [-0.39, 0.29) is 0 Å². The van der Waals surface area contributed by atoms with Crippen LogP contribution >= 0.6 is 0 Å². The Labute approximate surface area is 81.0 Å². The summed E-state index contributed by atoms with van der Waals surface area (Å²) in [6.07, 6.45) is 5.97. The third kappa shape index (κ3) is 2.44. The maximum absolute atomic E-state index is 5.94. The Bertz CT molecular complexity index is 156. The van der Waals surface area contributed by atoms with Crippen LogP contribution in [0.1, 0.15) is 32.6 Å². The smallest absolute Gasteiger partial charge is 0.0725 e. The molecule has 2 heteroatoms. The molecule has 2 unspecified atom stereocenters. The van der Waals surface area contributed by atoms with Crippen molar-refractivity contribution in [2.75, 3.05) is 19.7 Å². The van der Waals surface area contributed by atoms with Crippen LogP contribution in [-0.2, 0) is 4.74 Å². The van der Waals surface area contributed by atoms with Gasteiger partial charge >= 0.3 is 0 Å². The zero-order chi connectivity index (χ0) is 9.10. The molecule has 2 fully saturated rings. The largest absolute Gasteiger partial charge is 0.376 e. The number of ether oxygens (including phenoxy) is 1. The standard InChI is InChI=1S/C11H21NO/c1-9-5-6-12-7-11(9)13-8-10-3-2-4-10/h9-12H,2-8H2,1H3. The SMILES string of the molecule is CC1CCNCC1OCC1CCC1. The van der Waals surface area contributed by atoms with E-state index < -0.39 is 0 Å². The van der Waals surface area contributed by atoms with E-state index in [1.165, 1.54) is 32.2 Å². The van der Waals surface area contributed by atoms with Gasteiger partial charge < -0.3 is 10.1 Å². The molecule has 2 nitrogen and oxygen atoms in total. The first-order chi connectivity index (χ1) is 6.36. The van der Waals surface area contributed by atoms with E-state index in [1.807, 2.05) is 0 Å². The van der Waals surface area contributed by atoms with Crippen LogP contribution in [0.3, 0.4) is 0 Å². The van der Waals surface area contributed by atoms with Crippen molar-refractivity contribution in [2.45, 2.75) is 38.7 Å². The van der Waals surface area contributed by atoms with Crippen molar-refractivity contribution in [1.82, 2.24) is 5.32 Å². The van der Waals surface area contributed by atoms with Gasteiger partial charge in [-0.3, -0.25) is 0 Å². The highest BCUT2D eigenvalue weighted by Crippen LogP contribution is 2.27. The van der Waals surface area contributed by atoms with Crippen LogP contribution in [0.2, 0.25) is 0 Å². The molecule has 0 aromatic heterocycles. The molecule has 1 saturated heterocycles. The average Bonchev–Trinajstić information content (AvgIpc) is 2.05. The molecular weight excluding hydrogens is 162 g/mol. The summed E-state index contributed by atoms with van der Waals surface area (Å²) in [7, 11) is 0. The fourth-order valence-electron chi connectivity index (χ4n) is 2.10. The Morgan fingerprint density at radius 1 is 1.31 bits per heavy atom. The Morgan fingerprint density at radius 3 is 2.77 bits per heavy atom. The first kappa shape index (κ1) is 9.47. The second kappa shape index (κ2) is 4.43. The summed E-state index contributed by atoms with van der Waals surface area (Å²) in [6.45, 7) is 5.56. The van der Waals surface area contributed by atoms with E-state index >= 15 is 0 Å². The summed E-state index contributed by atoms with van der Waals surface area (Å²) >= 11 is 0. The molecule has 1 aliphatic heterocycles. The van der Waals surface area contributed by atoms with Crippen molar-refractivity contribution < 1.29 is 4.74 Å². The lowest BCUT2D eigenvalue weighted by atomic mass is 9.86. The van der Waals surface area contributed by atoms with Crippen LogP contribution in [0.4, 0.5) is 0 Å². The molecule has 1 N–H and O–H groups in total. The molecule has 1 saturated carbocycles. The van der Waals surface area contributed by atoms with Crippen molar-refractivity contribution in [3.8, 4) is 0 Å². The minimum absolute atomic E-state index is 0.481. The van der Waals surface area contributed by atoms with Gasteiger partial charge in [-0.15, -0.1) is 0 Å². The molecule has 0 amide bonds. The van der Waals surface area contributed by atoms with E-state index in [0.717, 1.165) is 25.0 Å². The maximum atomic E-state index is 5.94. The summed E-state index contributed by atoms with van der Waals surface area (Å²) in [5.41, 5.74) is 0. The van der Waals surface area contributed by atoms with Gasteiger partial charge in [-0.05, 0) is 37.6 Å². The molecule has 76 valence electrons. The fourth-order valence-corrected chi connectivity index (χ4v) is 2.10. The summed E-state index contributed by atoms with van der Waals surface area (Å²) in [6, 6.07) is 0. The lowest BCUT2D eigenvalue weighted by Crippen LogP contribution is -2.42. The molecule has 0 aromatic rings. The van der Waals surface area contributed by atoms with E-state index in [2.05, 4.69) is 12.2 Å². The minimum Gasteiger partial charge on any atom is -0.376 e. The van der Waals surface area contributed by atoms with Crippen molar-refractivity contribution in [1.29, 1.82) is 0 Å². The molecule has 2 atom stereocenters. The second-order valence-corrected chi connectivity index (χ2v) is 4.64. The van der Waals surface area contributed by atoms with Gasteiger partial charge in [0.2, 0.25) is 0 Å². The van der Waals surface area contributed by atoms with Gasteiger partial charge in [-0.1, -0.05) is 13.3 Å². The topological polar surface area (TPSA) is 21.3 Å². The third-order valence-electron chi connectivity index (χ3n) is 3.53. The Morgan fingerprint density at radius 2 is 2.15 bits per heavy atom. The molecular formula is C11H21NO. The lowest BCUT2D eigenvalue weighted by Gasteiger charge is -2.33. The van der Waals surface area contributed by atoms with Gasteiger partial charge in [0.05, 0.1) is 6.10 Å². The van der Waals surface area contributed by atoms with Crippen molar-refractivity contribution >= 4 is 0 Å². The molecule has 13 heavy (non-hydrogen) atoms. The van der Waals surface area contributed by atoms with E-state index in [9.17, 15) is 0 Å². The summed E-state index contributed by atoms with van der Waals surface area (Å²) in [5.74, 6) is 1.63. The molecule has 0 aromatic carbocycles. The number of nitrogens with one attached hydrogen (secondary N) is 1. The van der Waals surface area contributed by atoms with Gasteiger partial charge in [-0.25, -0.2) is 0 Å². The van der Waals surface area contributed by atoms with E-state index in [1.54, 1.807) is 0 Å². The summed E-state index contributed by atoms with van der Waals surface area (Å²) in [4.78, 5) is 0. The highest BCUT2D eigenvalue weighted by Gasteiger charge is 2.24. The van der Waals surface area contributed by atoms with Crippen LogP contribution in [0.25, 0.3) is 0 Å². The Balaban J connectivity index is 1.66. The Kier molecular flexibility index (Phi) is 3.23. The molecule has 0 bridgehead atoms. The normalized spacial score (nSPS) is 35.8.